The summed E-state index contributed by atoms with van der Waals surface area (Å²) in [6.45, 7) is 0.140. The van der Waals surface area contributed by atoms with Crippen LogP contribution in [-0.2, 0) is 9.59 Å². The highest BCUT2D eigenvalue weighted by atomic mass is 16.3. The number of hydrogen-bond acceptors (Lipinski definition) is 4. The number of nitrogens with one attached hydrogen (secondary N) is 2. The first kappa shape index (κ1) is 13.8. The molecule has 0 bridgehead atoms. The van der Waals surface area contributed by atoms with E-state index in [9.17, 15) is 19.5 Å². The third kappa shape index (κ3) is 3.04. The van der Waals surface area contributed by atoms with E-state index in [1.807, 2.05) is 0 Å². The van der Waals surface area contributed by atoms with Gasteiger partial charge in [0.2, 0.25) is 5.91 Å². The monoisotopic (exact) mass is 269 g/mol. The van der Waals surface area contributed by atoms with Crippen molar-refractivity contribution in [2.75, 3.05) is 26.2 Å². The standard InChI is InChI=1S/C12H19N3O4/c16-8-12(3-1-2-4-12)7-14-9(17)6-15-10(18)5-13-11(15)19/h16H,1-8H2,(H,13,19)(H,14,17). The number of urea groups is 1. The van der Waals surface area contributed by atoms with E-state index in [2.05, 4.69) is 10.6 Å². The number of aliphatic hydroxyl groups excluding tert-OH is 1. The Morgan fingerprint density at radius 2 is 2.05 bits per heavy atom. The Labute approximate surface area is 111 Å². The van der Waals surface area contributed by atoms with Gasteiger partial charge in [0.15, 0.2) is 0 Å². The fraction of sp³-hybridized carbons (Fsp3) is 0.750. The molecule has 106 valence electrons. The molecule has 2 rings (SSSR count). The molecule has 0 atom stereocenters. The molecule has 1 aliphatic carbocycles. The highest BCUT2D eigenvalue weighted by Crippen LogP contribution is 2.36. The van der Waals surface area contributed by atoms with Crippen LogP contribution in [0.25, 0.3) is 0 Å². The van der Waals surface area contributed by atoms with Gasteiger partial charge in [0.05, 0.1) is 13.2 Å². The first-order valence-electron chi connectivity index (χ1n) is 6.52. The van der Waals surface area contributed by atoms with Gasteiger partial charge in [0.1, 0.15) is 6.54 Å². The molecule has 1 heterocycles. The fourth-order valence-corrected chi connectivity index (χ4v) is 2.62. The second-order valence-corrected chi connectivity index (χ2v) is 5.28. The number of amides is 4. The van der Waals surface area contributed by atoms with Crippen molar-refractivity contribution >= 4 is 17.8 Å². The first-order valence-corrected chi connectivity index (χ1v) is 6.52. The maximum atomic E-state index is 11.7. The van der Waals surface area contributed by atoms with Crippen molar-refractivity contribution in [2.45, 2.75) is 25.7 Å². The summed E-state index contributed by atoms with van der Waals surface area (Å²) in [5, 5.41) is 14.5. The van der Waals surface area contributed by atoms with E-state index in [1.54, 1.807) is 0 Å². The lowest BCUT2D eigenvalue weighted by molar-refractivity contribution is -0.130. The predicted molar refractivity (Wildman–Crippen MR) is 66.1 cm³/mol. The minimum absolute atomic E-state index is 0.0489. The van der Waals surface area contributed by atoms with Crippen molar-refractivity contribution < 1.29 is 19.5 Å². The quantitative estimate of drug-likeness (QED) is 0.569. The van der Waals surface area contributed by atoms with E-state index >= 15 is 0 Å². The Hall–Kier alpha value is -1.63. The summed E-state index contributed by atoms with van der Waals surface area (Å²) in [7, 11) is 0. The summed E-state index contributed by atoms with van der Waals surface area (Å²) < 4.78 is 0. The minimum Gasteiger partial charge on any atom is -0.396 e. The number of hydrogen-bond donors (Lipinski definition) is 3. The lowest BCUT2D eigenvalue weighted by Crippen LogP contribution is -2.44. The molecule has 0 unspecified atom stereocenters. The van der Waals surface area contributed by atoms with Crippen molar-refractivity contribution in [1.82, 2.24) is 15.5 Å². The SMILES string of the molecule is O=C(CN1C(=O)CNC1=O)NCC1(CO)CCCC1. The molecular formula is C12H19N3O4. The zero-order valence-corrected chi connectivity index (χ0v) is 10.8. The number of rotatable bonds is 5. The second-order valence-electron chi connectivity index (χ2n) is 5.28. The summed E-state index contributed by atoms with van der Waals surface area (Å²) >= 11 is 0. The molecule has 1 saturated heterocycles. The number of nitrogens with zero attached hydrogens (tertiary/aromatic N) is 1. The molecule has 0 spiro atoms. The highest BCUT2D eigenvalue weighted by Gasteiger charge is 2.34. The first-order chi connectivity index (χ1) is 9.06. The van der Waals surface area contributed by atoms with Crippen molar-refractivity contribution in [1.29, 1.82) is 0 Å². The molecule has 0 radical (unpaired) electrons. The minimum atomic E-state index is -0.530. The van der Waals surface area contributed by atoms with Crippen molar-refractivity contribution in [3.05, 3.63) is 0 Å². The Morgan fingerprint density at radius 3 is 2.58 bits per heavy atom. The maximum absolute atomic E-state index is 11.7. The van der Waals surface area contributed by atoms with Gasteiger partial charge < -0.3 is 15.7 Å². The van der Waals surface area contributed by atoms with Crippen LogP contribution < -0.4 is 10.6 Å². The van der Waals surface area contributed by atoms with Crippen molar-refractivity contribution in [3.8, 4) is 0 Å². The smallest absolute Gasteiger partial charge is 0.325 e. The highest BCUT2D eigenvalue weighted by molar-refractivity contribution is 6.04. The third-order valence-corrected chi connectivity index (χ3v) is 3.90. The van der Waals surface area contributed by atoms with E-state index in [1.165, 1.54) is 0 Å². The molecule has 0 aromatic rings. The van der Waals surface area contributed by atoms with Gasteiger partial charge in [0.25, 0.3) is 5.91 Å². The molecule has 4 amide bonds. The van der Waals surface area contributed by atoms with Gasteiger partial charge in [-0.05, 0) is 12.8 Å². The molecule has 19 heavy (non-hydrogen) atoms. The summed E-state index contributed by atoms with van der Waals surface area (Å²) in [6.07, 6.45) is 3.91. The average molecular weight is 269 g/mol. The molecule has 7 nitrogen and oxygen atoms in total. The Balaban J connectivity index is 1.81. The lowest BCUT2D eigenvalue weighted by Gasteiger charge is -2.26. The van der Waals surface area contributed by atoms with Gasteiger partial charge >= 0.3 is 6.03 Å². The van der Waals surface area contributed by atoms with Crippen molar-refractivity contribution in [3.63, 3.8) is 0 Å². The summed E-state index contributed by atoms with van der Waals surface area (Å²) in [4.78, 5) is 35.2. The summed E-state index contributed by atoms with van der Waals surface area (Å²) in [5.41, 5.74) is -0.229. The van der Waals surface area contributed by atoms with Crippen LogP contribution >= 0.6 is 0 Å². The predicted octanol–water partition coefficient (Wildman–Crippen LogP) is -0.793. The van der Waals surface area contributed by atoms with Gasteiger partial charge in [-0.2, -0.15) is 0 Å². The normalized spacial score (nSPS) is 21.6. The van der Waals surface area contributed by atoms with E-state index in [4.69, 9.17) is 0 Å². The fourth-order valence-electron chi connectivity index (χ4n) is 2.62. The molecule has 1 aliphatic heterocycles. The zero-order chi connectivity index (χ0) is 13.9. The van der Waals surface area contributed by atoms with Crippen LogP contribution in [0, 0.1) is 5.41 Å². The van der Waals surface area contributed by atoms with Gasteiger partial charge in [-0.1, -0.05) is 12.8 Å². The van der Waals surface area contributed by atoms with E-state index in [-0.39, 0.29) is 31.0 Å². The Morgan fingerprint density at radius 1 is 1.37 bits per heavy atom. The maximum Gasteiger partial charge on any atom is 0.325 e. The van der Waals surface area contributed by atoms with Crippen LogP contribution in [-0.4, -0.2) is 54.1 Å². The zero-order valence-electron chi connectivity index (χ0n) is 10.8. The van der Waals surface area contributed by atoms with Gasteiger partial charge in [0, 0.05) is 12.0 Å². The summed E-state index contributed by atoms with van der Waals surface area (Å²) in [6, 6.07) is -0.530. The van der Waals surface area contributed by atoms with E-state index in [0.717, 1.165) is 30.6 Å². The number of imide groups is 1. The van der Waals surface area contributed by atoms with Crippen molar-refractivity contribution in [2.24, 2.45) is 5.41 Å². The topological polar surface area (TPSA) is 98.7 Å². The average Bonchev–Trinajstić information content (AvgIpc) is 2.99. The largest absolute Gasteiger partial charge is 0.396 e. The van der Waals surface area contributed by atoms with Crippen LogP contribution in [0.1, 0.15) is 25.7 Å². The Kier molecular flexibility index (Phi) is 4.04. The van der Waals surface area contributed by atoms with Crippen LogP contribution in [0.4, 0.5) is 4.79 Å². The van der Waals surface area contributed by atoms with Crippen LogP contribution in [0.5, 0.6) is 0 Å². The van der Waals surface area contributed by atoms with Gasteiger partial charge in [-0.15, -0.1) is 0 Å². The molecule has 1 saturated carbocycles. The number of aliphatic hydroxyl groups is 1. The number of carbonyl (C=O) groups is 3. The number of carbonyl (C=O) groups excluding carboxylic acids is 3. The van der Waals surface area contributed by atoms with Gasteiger partial charge in [-0.3, -0.25) is 14.5 Å². The molecule has 3 N–H and O–H groups in total. The van der Waals surface area contributed by atoms with Gasteiger partial charge in [-0.25, -0.2) is 4.79 Å². The second kappa shape index (κ2) is 5.56. The third-order valence-electron chi connectivity index (χ3n) is 3.90. The molecule has 0 aromatic carbocycles. The molecular weight excluding hydrogens is 250 g/mol. The molecule has 2 aliphatic rings. The lowest BCUT2D eigenvalue weighted by atomic mass is 9.87. The Bertz CT molecular complexity index is 374. The molecule has 0 aromatic heterocycles. The van der Waals surface area contributed by atoms with E-state index < -0.39 is 11.9 Å². The summed E-state index contributed by atoms with van der Waals surface area (Å²) in [5.74, 6) is -0.761. The molecule has 7 heteroatoms. The van der Waals surface area contributed by atoms with Crippen LogP contribution in [0.15, 0.2) is 0 Å². The van der Waals surface area contributed by atoms with E-state index in [0.29, 0.717) is 6.54 Å². The molecule has 2 fully saturated rings. The van der Waals surface area contributed by atoms with Crippen LogP contribution in [0.3, 0.4) is 0 Å². The van der Waals surface area contributed by atoms with Crippen LogP contribution in [0.2, 0.25) is 0 Å².